The molecule has 0 unspecified atom stereocenters. The molecule has 0 spiro atoms. The van der Waals surface area contributed by atoms with Gasteiger partial charge in [0.25, 0.3) is 0 Å². The molecule has 2 N–H and O–H groups in total. The number of hydrogen-bond donors (Lipinski definition) is 1. The minimum Gasteiger partial charge on any atom is -0.333 e. The Morgan fingerprint density at radius 3 is 2.00 bits per heavy atom. The summed E-state index contributed by atoms with van der Waals surface area (Å²) in [6.45, 7) is 3.76. The van der Waals surface area contributed by atoms with Gasteiger partial charge in [-0.3, -0.25) is 0 Å². The molecule has 2 radical (unpaired) electrons. The van der Waals surface area contributed by atoms with E-state index in [-0.39, 0.29) is 0 Å². The molecule has 0 rings (SSSR count). The predicted octanol–water partition coefficient (Wildman–Crippen LogP) is 0.240. The van der Waals surface area contributed by atoms with Crippen LogP contribution in [-0.2, 0) is 0 Å². The van der Waals surface area contributed by atoms with E-state index < -0.39 is 5.44 Å². The third-order valence-corrected chi connectivity index (χ3v) is 0.762. The predicted molar refractivity (Wildman–Crippen MR) is 28.6 cm³/mol. The molecule has 0 aliphatic carbocycles. The van der Waals surface area contributed by atoms with Gasteiger partial charge in [0.15, 0.2) is 0 Å². The largest absolute Gasteiger partial charge is 0.333 e. The first kappa shape index (κ1) is 6.02. The lowest BCUT2D eigenvalue weighted by Gasteiger charge is -2.13. The Hall–Kier alpha value is 0.0249. The van der Waals surface area contributed by atoms with E-state index in [1.54, 1.807) is 6.92 Å². The monoisotopic (exact) mass is 83.1 g/mol. The lowest BCUT2D eigenvalue weighted by atomic mass is 9.79. The summed E-state index contributed by atoms with van der Waals surface area (Å²) in [7, 11) is 5.31. The van der Waals surface area contributed by atoms with Gasteiger partial charge in [0.1, 0.15) is 0 Å². The zero-order valence-corrected chi connectivity index (χ0v) is 4.36. The van der Waals surface area contributed by atoms with Crippen LogP contribution in [0.15, 0.2) is 0 Å². The van der Waals surface area contributed by atoms with Gasteiger partial charge >= 0.3 is 0 Å². The zero-order chi connectivity index (χ0) is 5.21. The minimum absolute atomic E-state index is 0.458. The van der Waals surface area contributed by atoms with Crippen LogP contribution in [0.5, 0.6) is 0 Å². The summed E-state index contributed by atoms with van der Waals surface area (Å²) >= 11 is 0. The Balaban J connectivity index is 3.17. The second-order valence-corrected chi connectivity index (χ2v) is 1.86. The van der Waals surface area contributed by atoms with Crippen molar-refractivity contribution in [1.29, 1.82) is 0 Å². The first-order valence-corrected chi connectivity index (χ1v) is 2.14. The van der Waals surface area contributed by atoms with E-state index in [9.17, 15) is 0 Å². The van der Waals surface area contributed by atoms with Gasteiger partial charge in [0, 0.05) is 0 Å². The van der Waals surface area contributed by atoms with Crippen LogP contribution in [0, 0.1) is 0 Å². The molecule has 0 aromatic rings. The van der Waals surface area contributed by atoms with Crippen molar-refractivity contribution in [2.24, 2.45) is 5.73 Å². The number of hydrogen-bond acceptors (Lipinski definition) is 1. The zero-order valence-electron chi connectivity index (χ0n) is 4.36. The average Bonchev–Trinajstić information content (AvgIpc) is 1.35. The van der Waals surface area contributed by atoms with Crippen LogP contribution in [-0.4, -0.2) is 13.3 Å². The Kier molecular flexibility index (Phi) is 1.66. The topological polar surface area (TPSA) is 26.0 Å². The van der Waals surface area contributed by atoms with Crippen LogP contribution in [0.3, 0.4) is 0 Å². The van der Waals surface area contributed by atoms with Crippen LogP contribution in [0.2, 0.25) is 0 Å². The van der Waals surface area contributed by atoms with Gasteiger partial charge in [-0.25, -0.2) is 0 Å². The molecule has 34 valence electrons. The summed E-state index contributed by atoms with van der Waals surface area (Å²) in [6, 6.07) is 0. The molecule has 0 saturated carbocycles. The second kappa shape index (κ2) is 1.65. The Morgan fingerprint density at radius 1 is 1.83 bits per heavy atom. The molecule has 1 nitrogen and oxygen atoms in total. The van der Waals surface area contributed by atoms with Crippen molar-refractivity contribution in [2.75, 3.05) is 0 Å². The van der Waals surface area contributed by atoms with Gasteiger partial charge < -0.3 is 5.73 Å². The highest BCUT2D eigenvalue weighted by atomic mass is 14.7. The second-order valence-electron chi connectivity index (χ2n) is 1.86. The molecule has 0 heterocycles. The first-order chi connectivity index (χ1) is 2.56. The fourth-order valence-corrected chi connectivity index (χ4v) is 0. The van der Waals surface area contributed by atoms with Gasteiger partial charge in [-0.2, -0.15) is 0 Å². The third kappa shape index (κ3) is 4.02. The van der Waals surface area contributed by atoms with Crippen LogP contribution >= 0.6 is 0 Å². The standard InChI is InChI=1S/C4H10BN/c1-3-4(2,5)6/h3,6H2,1-2H3/t4-/m0/s1. The fourth-order valence-electron chi connectivity index (χ4n) is 0. The summed E-state index contributed by atoms with van der Waals surface area (Å²) in [6.07, 6.45) is 0.826. The number of nitrogens with two attached hydrogens (primary N) is 1. The average molecular weight is 82.9 g/mol. The number of rotatable bonds is 1. The lowest BCUT2D eigenvalue weighted by Crippen LogP contribution is -2.35. The molecule has 0 amide bonds. The van der Waals surface area contributed by atoms with Crippen molar-refractivity contribution in [3.05, 3.63) is 0 Å². The maximum Gasteiger partial charge on any atom is 0.0946 e. The van der Waals surface area contributed by atoms with E-state index >= 15 is 0 Å². The fraction of sp³-hybridized carbons (Fsp3) is 1.00. The van der Waals surface area contributed by atoms with E-state index in [4.69, 9.17) is 13.6 Å². The molecule has 0 bridgehead atoms. The Bertz CT molecular complexity index is 37.3. The molecule has 0 aromatic heterocycles. The van der Waals surface area contributed by atoms with Crippen molar-refractivity contribution in [1.82, 2.24) is 0 Å². The van der Waals surface area contributed by atoms with E-state index in [1.807, 2.05) is 6.92 Å². The summed E-state index contributed by atoms with van der Waals surface area (Å²) in [4.78, 5) is 0. The highest BCUT2D eigenvalue weighted by molar-refractivity contribution is 6.14. The molecule has 6 heavy (non-hydrogen) atoms. The van der Waals surface area contributed by atoms with E-state index in [0.717, 1.165) is 6.42 Å². The normalized spacial score (nSPS) is 19.8. The quantitative estimate of drug-likeness (QED) is 0.451. The van der Waals surface area contributed by atoms with Crippen molar-refractivity contribution < 1.29 is 0 Å². The van der Waals surface area contributed by atoms with E-state index in [0.29, 0.717) is 0 Å². The van der Waals surface area contributed by atoms with Crippen molar-refractivity contribution in [2.45, 2.75) is 25.7 Å². The summed E-state index contributed by atoms with van der Waals surface area (Å²) in [5.74, 6) is 0. The summed E-state index contributed by atoms with van der Waals surface area (Å²) in [5.41, 5.74) is 4.85. The van der Waals surface area contributed by atoms with Crippen LogP contribution in [0.25, 0.3) is 0 Å². The SMILES string of the molecule is [B][C@@](C)(N)CC. The summed E-state index contributed by atoms with van der Waals surface area (Å²) in [5, 5.41) is 0. The molecular weight excluding hydrogens is 72.9 g/mol. The molecule has 0 fully saturated rings. The van der Waals surface area contributed by atoms with Crippen molar-refractivity contribution in [3.8, 4) is 0 Å². The maximum absolute atomic E-state index is 5.31. The lowest BCUT2D eigenvalue weighted by molar-refractivity contribution is 0.636. The van der Waals surface area contributed by atoms with Crippen LogP contribution in [0.1, 0.15) is 20.3 Å². The van der Waals surface area contributed by atoms with Crippen molar-refractivity contribution in [3.63, 3.8) is 0 Å². The Labute approximate surface area is 40.3 Å². The van der Waals surface area contributed by atoms with Gasteiger partial charge in [-0.15, -0.1) is 0 Å². The molecular formula is C4H10BN. The summed E-state index contributed by atoms with van der Waals surface area (Å²) < 4.78 is 0. The molecule has 1 atom stereocenters. The van der Waals surface area contributed by atoms with Crippen molar-refractivity contribution >= 4 is 7.85 Å². The molecule has 0 saturated heterocycles. The molecule has 2 heteroatoms. The minimum atomic E-state index is -0.458. The van der Waals surface area contributed by atoms with E-state index in [2.05, 4.69) is 0 Å². The maximum atomic E-state index is 5.31. The smallest absolute Gasteiger partial charge is 0.0946 e. The van der Waals surface area contributed by atoms with Gasteiger partial charge in [0.05, 0.1) is 7.85 Å². The third-order valence-electron chi connectivity index (χ3n) is 0.762. The molecule has 0 aromatic carbocycles. The van der Waals surface area contributed by atoms with Crippen LogP contribution < -0.4 is 5.73 Å². The Morgan fingerprint density at radius 2 is 2.00 bits per heavy atom. The molecule has 0 aliphatic heterocycles. The highest BCUT2D eigenvalue weighted by Crippen LogP contribution is 1.94. The van der Waals surface area contributed by atoms with Gasteiger partial charge in [-0.1, -0.05) is 13.8 Å². The highest BCUT2D eigenvalue weighted by Gasteiger charge is 2.03. The van der Waals surface area contributed by atoms with E-state index in [1.165, 1.54) is 0 Å². The molecule has 0 aliphatic rings. The van der Waals surface area contributed by atoms with Crippen LogP contribution in [0.4, 0.5) is 0 Å². The van der Waals surface area contributed by atoms with Gasteiger partial charge in [0.2, 0.25) is 0 Å². The van der Waals surface area contributed by atoms with Gasteiger partial charge in [-0.05, 0) is 11.9 Å². The first-order valence-electron chi connectivity index (χ1n) is 2.14.